The van der Waals surface area contributed by atoms with Crippen LogP contribution in [0.2, 0.25) is 0 Å². The van der Waals surface area contributed by atoms with Gasteiger partial charge in [0, 0.05) is 12.1 Å². The minimum atomic E-state index is -0.499. The maximum absolute atomic E-state index is 12.1. The largest absolute Gasteiger partial charge is 0.312 e. The summed E-state index contributed by atoms with van der Waals surface area (Å²) in [7, 11) is 0. The van der Waals surface area contributed by atoms with Crippen molar-refractivity contribution in [3.05, 3.63) is 70.3 Å². The average molecular weight is 338 g/mol. The number of benzene rings is 2. The predicted molar refractivity (Wildman–Crippen MR) is 90.9 cm³/mol. The number of rotatable bonds is 4. The first-order valence-corrected chi connectivity index (χ1v) is 7.51. The summed E-state index contributed by atoms with van der Waals surface area (Å²) in [6.45, 7) is 0. The van der Waals surface area contributed by atoms with E-state index in [-0.39, 0.29) is 36.2 Å². The summed E-state index contributed by atoms with van der Waals surface area (Å²) in [6, 6.07) is 14.7. The highest BCUT2D eigenvalue weighted by molar-refractivity contribution is 6.15. The van der Waals surface area contributed by atoms with Crippen LogP contribution >= 0.6 is 0 Å². The molecule has 0 bridgehead atoms. The van der Waals surface area contributed by atoms with Crippen molar-refractivity contribution < 1.29 is 14.5 Å². The number of amides is 2. The zero-order chi connectivity index (χ0) is 17.8. The van der Waals surface area contributed by atoms with E-state index in [1.54, 1.807) is 24.3 Å². The molecule has 2 aromatic carbocycles. The molecule has 0 radical (unpaired) electrons. The van der Waals surface area contributed by atoms with E-state index in [0.717, 1.165) is 0 Å². The van der Waals surface area contributed by atoms with Gasteiger partial charge in [-0.25, -0.2) is 0 Å². The topological polar surface area (TPSA) is 105 Å². The van der Waals surface area contributed by atoms with Gasteiger partial charge in [-0.05, 0) is 17.7 Å². The number of hydrazone groups is 1. The predicted octanol–water partition coefficient (Wildman–Crippen LogP) is 2.00. The second-order valence-corrected chi connectivity index (χ2v) is 5.41. The number of hydrogen-bond acceptors (Lipinski definition) is 5. The second-order valence-electron chi connectivity index (χ2n) is 5.41. The van der Waals surface area contributed by atoms with Crippen molar-refractivity contribution in [1.82, 2.24) is 5.32 Å². The Morgan fingerprint density at radius 2 is 1.84 bits per heavy atom. The van der Waals surface area contributed by atoms with E-state index in [2.05, 4.69) is 10.4 Å². The Balaban J connectivity index is 1.63. The highest BCUT2D eigenvalue weighted by atomic mass is 16.6. The van der Waals surface area contributed by atoms with Crippen LogP contribution < -0.4 is 10.3 Å². The molecule has 0 fully saturated rings. The van der Waals surface area contributed by atoms with Crippen LogP contribution in [0.15, 0.2) is 59.7 Å². The van der Waals surface area contributed by atoms with E-state index in [0.29, 0.717) is 11.3 Å². The van der Waals surface area contributed by atoms with Crippen molar-refractivity contribution in [3.63, 3.8) is 0 Å². The minimum absolute atomic E-state index is 0.0148. The summed E-state index contributed by atoms with van der Waals surface area (Å²) in [5.74, 6) is -0.284. The number of carbonyl (C=O) groups is 2. The molecule has 0 atom stereocenters. The van der Waals surface area contributed by atoms with Crippen molar-refractivity contribution in [1.29, 1.82) is 0 Å². The Hall–Kier alpha value is -3.55. The van der Waals surface area contributed by atoms with Crippen LogP contribution in [0, 0.1) is 10.1 Å². The number of nitro benzene ring substituents is 1. The third kappa shape index (κ3) is 3.86. The molecule has 0 aromatic heterocycles. The van der Waals surface area contributed by atoms with Gasteiger partial charge in [-0.15, -0.1) is 0 Å². The number of hydrogen-bond donors (Lipinski definition) is 1. The summed E-state index contributed by atoms with van der Waals surface area (Å²) < 4.78 is 0. The fraction of sp³-hybridized carbons (Fsp3) is 0.118. The van der Waals surface area contributed by atoms with Gasteiger partial charge in [0.1, 0.15) is 5.84 Å². The Morgan fingerprint density at radius 1 is 1.16 bits per heavy atom. The smallest absolute Gasteiger partial charge is 0.269 e. The zero-order valence-electron chi connectivity index (χ0n) is 13.1. The van der Waals surface area contributed by atoms with E-state index >= 15 is 0 Å². The Labute approximate surface area is 142 Å². The maximum atomic E-state index is 12.1. The lowest BCUT2D eigenvalue weighted by Gasteiger charge is -2.10. The monoisotopic (exact) mass is 338 g/mol. The van der Waals surface area contributed by atoms with Crippen molar-refractivity contribution in [2.45, 2.75) is 12.8 Å². The fourth-order valence-electron chi connectivity index (χ4n) is 2.40. The molecule has 1 aliphatic heterocycles. The van der Waals surface area contributed by atoms with Crippen LogP contribution in [0.1, 0.15) is 12.0 Å². The van der Waals surface area contributed by atoms with Crippen molar-refractivity contribution in [2.75, 3.05) is 5.01 Å². The van der Waals surface area contributed by atoms with E-state index in [4.69, 9.17) is 0 Å². The highest BCUT2D eigenvalue weighted by Gasteiger charge is 2.26. The number of nitro groups is 1. The lowest BCUT2D eigenvalue weighted by atomic mass is 10.1. The summed E-state index contributed by atoms with van der Waals surface area (Å²) in [5, 5.41) is 18.6. The normalized spacial score (nSPS) is 13.5. The number of carbonyl (C=O) groups excluding carboxylic acids is 2. The van der Waals surface area contributed by atoms with Gasteiger partial charge < -0.3 is 5.32 Å². The molecule has 1 N–H and O–H groups in total. The SMILES string of the molecule is O=C(Cc1ccc([N+](=O)[O-])cc1)NC1=NN(c2ccccc2)C(=O)C1. The van der Waals surface area contributed by atoms with Crippen molar-refractivity contribution >= 4 is 29.0 Å². The van der Waals surface area contributed by atoms with Gasteiger partial charge in [-0.3, -0.25) is 19.7 Å². The van der Waals surface area contributed by atoms with Crippen LogP contribution in [-0.2, 0) is 16.0 Å². The van der Waals surface area contributed by atoms with E-state index < -0.39 is 4.92 Å². The molecule has 0 saturated heterocycles. The number of amidine groups is 1. The third-order valence-corrected chi connectivity index (χ3v) is 3.57. The standard InChI is InChI=1S/C17H14N4O4/c22-16(10-12-6-8-14(9-7-12)21(24)25)18-15-11-17(23)20(19-15)13-4-2-1-3-5-13/h1-9H,10-11H2,(H,18,19,22). The van der Waals surface area contributed by atoms with E-state index in [1.165, 1.54) is 29.3 Å². The van der Waals surface area contributed by atoms with E-state index in [9.17, 15) is 19.7 Å². The molecule has 0 aliphatic carbocycles. The summed E-state index contributed by atoms with van der Waals surface area (Å²) >= 11 is 0. The minimum Gasteiger partial charge on any atom is -0.312 e. The third-order valence-electron chi connectivity index (χ3n) is 3.57. The molecule has 8 heteroatoms. The Bertz CT molecular complexity index is 847. The van der Waals surface area contributed by atoms with Crippen LogP contribution in [-0.4, -0.2) is 22.6 Å². The maximum Gasteiger partial charge on any atom is 0.269 e. The van der Waals surface area contributed by atoms with Gasteiger partial charge in [0.05, 0.1) is 23.5 Å². The summed E-state index contributed by atoms with van der Waals surface area (Å²) in [5.41, 5.74) is 1.23. The van der Waals surface area contributed by atoms with Crippen LogP contribution in [0.25, 0.3) is 0 Å². The number of anilines is 1. The molecule has 3 rings (SSSR count). The van der Waals surface area contributed by atoms with Gasteiger partial charge in [0.2, 0.25) is 5.91 Å². The van der Waals surface area contributed by atoms with Gasteiger partial charge in [0.25, 0.3) is 11.6 Å². The van der Waals surface area contributed by atoms with Crippen LogP contribution in [0.4, 0.5) is 11.4 Å². The molecular formula is C17H14N4O4. The Morgan fingerprint density at radius 3 is 2.48 bits per heavy atom. The van der Waals surface area contributed by atoms with Crippen LogP contribution in [0.3, 0.4) is 0 Å². The van der Waals surface area contributed by atoms with Crippen LogP contribution in [0.5, 0.6) is 0 Å². The molecule has 126 valence electrons. The zero-order valence-corrected chi connectivity index (χ0v) is 13.1. The number of para-hydroxylation sites is 1. The molecule has 0 spiro atoms. The molecule has 1 aliphatic rings. The average Bonchev–Trinajstić information content (AvgIpc) is 2.96. The lowest BCUT2D eigenvalue weighted by Crippen LogP contribution is -2.31. The molecule has 0 saturated carbocycles. The molecule has 0 unspecified atom stereocenters. The lowest BCUT2D eigenvalue weighted by molar-refractivity contribution is -0.384. The molecule has 8 nitrogen and oxygen atoms in total. The van der Waals surface area contributed by atoms with Crippen molar-refractivity contribution in [2.24, 2.45) is 5.10 Å². The summed E-state index contributed by atoms with van der Waals surface area (Å²) in [6.07, 6.45) is 0.0530. The van der Waals surface area contributed by atoms with E-state index in [1.807, 2.05) is 6.07 Å². The van der Waals surface area contributed by atoms with Gasteiger partial charge in [0.15, 0.2) is 0 Å². The van der Waals surface area contributed by atoms with Crippen molar-refractivity contribution in [3.8, 4) is 0 Å². The second kappa shape index (κ2) is 6.91. The van der Waals surface area contributed by atoms with Gasteiger partial charge in [-0.2, -0.15) is 10.1 Å². The quantitative estimate of drug-likeness (QED) is 0.680. The Kier molecular flexibility index (Phi) is 4.51. The summed E-state index contributed by atoms with van der Waals surface area (Å²) in [4.78, 5) is 34.2. The molecule has 1 heterocycles. The molecular weight excluding hydrogens is 324 g/mol. The number of non-ortho nitro benzene ring substituents is 1. The number of nitrogens with zero attached hydrogens (tertiary/aromatic N) is 3. The number of nitrogens with one attached hydrogen (secondary N) is 1. The molecule has 2 amide bonds. The molecule has 2 aromatic rings. The van der Waals surface area contributed by atoms with Gasteiger partial charge >= 0.3 is 0 Å². The fourth-order valence-corrected chi connectivity index (χ4v) is 2.40. The highest BCUT2D eigenvalue weighted by Crippen LogP contribution is 2.19. The first-order valence-electron chi connectivity index (χ1n) is 7.51. The first-order chi connectivity index (χ1) is 12.0. The van der Waals surface area contributed by atoms with Gasteiger partial charge in [-0.1, -0.05) is 30.3 Å². The first kappa shape index (κ1) is 16.3. The molecule has 25 heavy (non-hydrogen) atoms.